The Bertz CT molecular complexity index is 1180. The van der Waals surface area contributed by atoms with Gasteiger partial charge in [0.05, 0.1) is 11.4 Å². The van der Waals surface area contributed by atoms with Crippen molar-refractivity contribution in [2.24, 2.45) is 7.05 Å². The highest BCUT2D eigenvalue weighted by molar-refractivity contribution is 7.99. The van der Waals surface area contributed by atoms with Crippen LogP contribution in [0.2, 0.25) is 0 Å². The lowest BCUT2D eigenvalue weighted by molar-refractivity contribution is -0.122. The van der Waals surface area contributed by atoms with E-state index in [0.717, 1.165) is 5.16 Å². The molecule has 2 aromatic carbocycles. The molecule has 0 radical (unpaired) electrons. The summed E-state index contributed by atoms with van der Waals surface area (Å²) in [7, 11) is 1.87. The summed E-state index contributed by atoms with van der Waals surface area (Å²) in [4.78, 5) is 40.7. The SMILES string of the molecule is C[C@H]1Oc2ccc(NC(=O)c3ccc(NC(=O)CSc4nccn4C)cc3)cc2NC1=O. The zero-order valence-corrected chi connectivity index (χ0v) is 18.2. The molecule has 1 aliphatic rings. The van der Waals surface area contributed by atoms with Gasteiger partial charge in [-0.15, -0.1) is 0 Å². The average molecular weight is 452 g/mol. The maximum atomic E-state index is 12.6. The molecule has 3 amide bonds. The van der Waals surface area contributed by atoms with Gasteiger partial charge in [-0.3, -0.25) is 14.4 Å². The minimum atomic E-state index is -0.560. The number of nitrogens with zero attached hydrogens (tertiary/aromatic N) is 2. The average Bonchev–Trinajstić information content (AvgIpc) is 3.18. The fourth-order valence-electron chi connectivity index (χ4n) is 3.01. The van der Waals surface area contributed by atoms with Gasteiger partial charge in [-0.1, -0.05) is 11.8 Å². The van der Waals surface area contributed by atoms with Gasteiger partial charge in [0.15, 0.2) is 11.3 Å². The van der Waals surface area contributed by atoms with Gasteiger partial charge >= 0.3 is 0 Å². The maximum Gasteiger partial charge on any atom is 0.265 e. The van der Waals surface area contributed by atoms with E-state index in [0.29, 0.717) is 28.4 Å². The van der Waals surface area contributed by atoms with Crippen molar-refractivity contribution in [3.8, 4) is 5.75 Å². The van der Waals surface area contributed by atoms with Crippen LogP contribution in [0.3, 0.4) is 0 Å². The summed E-state index contributed by atoms with van der Waals surface area (Å²) in [6.07, 6.45) is 2.94. The third kappa shape index (κ3) is 4.92. The molecule has 3 N–H and O–H groups in total. The van der Waals surface area contributed by atoms with Crippen molar-refractivity contribution in [1.29, 1.82) is 0 Å². The predicted octanol–water partition coefficient (Wildman–Crippen LogP) is 3.12. The number of aromatic nitrogens is 2. The summed E-state index contributed by atoms with van der Waals surface area (Å²) >= 11 is 1.34. The van der Waals surface area contributed by atoms with E-state index >= 15 is 0 Å². The number of thioether (sulfide) groups is 1. The minimum Gasteiger partial charge on any atom is -0.479 e. The molecule has 1 atom stereocenters. The monoisotopic (exact) mass is 451 g/mol. The van der Waals surface area contributed by atoms with E-state index in [4.69, 9.17) is 4.74 Å². The van der Waals surface area contributed by atoms with Crippen molar-refractivity contribution in [3.05, 3.63) is 60.4 Å². The molecule has 0 saturated carbocycles. The summed E-state index contributed by atoms with van der Waals surface area (Å²) in [6.45, 7) is 1.67. The van der Waals surface area contributed by atoms with Crippen LogP contribution in [0.15, 0.2) is 60.0 Å². The highest BCUT2D eigenvalue weighted by Gasteiger charge is 2.23. The molecule has 32 heavy (non-hydrogen) atoms. The quantitative estimate of drug-likeness (QED) is 0.496. The lowest BCUT2D eigenvalue weighted by Gasteiger charge is -2.23. The molecule has 1 aromatic heterocycles. The van der Waals surface area contributed by atoms with E-state index in [1.807, 2.05) is 17.8 Å². The Kier molecular flexibility index (Phi) is 6.13. The second-order valence-corrected chi connectivity index (χ2v) is 8.09. The number of fused-ring (bicyclic) bond motifs is 1. The number of aryl methyl sites for hydroxylation is 1. The molecule has 10 heteroatoms. The first kappa shape index (κ1) is 21.4. The highest BCUT2D eigenvalue weighted by atomic mass is 32.2. The fourth-order valence-corrected chi connectivity index (χ4v) is 3.75. The minimum absolute atomic E-state index is 0.164. The number of benzene rings is 2. The smallest absolute Gasteiger partial charge is 0.265 e. The van der Waals surface area contributed by atoms with Crippen molar-refractivity contribution < 1.29 is 19.1 Å². The zero-order chi connectivity index (χ0) is 22.7. The molecule has 0 bridgehead atoms. The number of amides is 3. The van der Waals surface area contributed by atoms with Crippen LogP contribution in [0.5, 0.6) is 5.75 Å². The molecular formula is C22H21N5O4S. The first-order chi connectivity index (χ1) is 15.4. The van der Waals surface area contributed by atoms with E-state index in [2.05, 4.69) is 20.9 Å². The molecule has 4 rings (SSSR count). The van der Waals surface area contributed by atoms with Crippen molar-refractivity contribution in [2.75, 3.05) is 21.7 Å². The Morgan fingerprint density at radius 1 is 1.16 bits per heavy atom. The number of imidazole rings is 1. The highest BCUT2D eigenvalue weighted by Crippen LogP contribution is 2.32. The number of carbonyl (C=O) groups excluding carboxylic acids is 3. The Balaban J connectivity index is 1.33. The number of hydrogen-bond donors (Lipinski definition) is 3. The summed E-state index contributed by atoms with van der Waals surface area (Å²) in [5, 5.41) is 9.10. The van der Waals surface area contributed by atoms with Crippen molar-refractivity contribution in [3.63, 3.8) is 0 Å². The van der Waals surface area contributed by atoms with E-state index in [1.54, 1.807) is 55.6 Å². The topological polar surface area (TPSA) is 114 Å². The summed E-state index contributed by atoms with van der Waals surface area (Å²) in [5.41, 5.74) is 2.05. The van der Waals surface area contributed by atoms with Crippen LogP contribution >= 0.6 is 11.8 Å². The Morgan fingerprint density at radius 3 is 2.62 bits per heavy atom. The maximum absolute atomic E-state index is 12.6. The molecule has 0 saturated heterocycles. The Labute approximate surface area is 188 Å². The Morgan fingerprint density at radius 2 is 1.91 bits per heavy atom. The molecule has 0 unspecified atom stereocenters. The van der Waals surface area contributed by atoms with Crippen LogP contribution in [0, 0.1) is 0 Å². The lowest BCUT2D eigenvalue weighted by atomic mass is 10.1. The van der Waals surface area contributed by atoms with Crippen LogP contribution < -0.4 is 20.7 Å². The summed E-state index contributed by atoms with van der Waals surface area (Å²) in [6, 6.07) is 11.6. The normalized spacial score (nSPS) is 14.7. The van der Waals surface area contributed by atoms with Gasteiger partial charge in [0.25, 0.3) is 11.8 Å². The predicted molar refractivity (Wildman–Crippen MR) is 122 cm³/mol. The van der Waals surface area contributed by atoms with Gasteiger partial charge in [0.2, 0.25) is 5.91 Å². The van der Waals surface area contributed by atoms with Crippen molar-refractivity contribution in [2.45, 2.75) is 18.2 Å². The zero-order valence-electron chi connectivity index (χ0n) is 17.4. The van der Waals surface area contributed by atoms with Gasteiger partial charge in [0.1, 0.15) is 5.75 Å². The lowest BCUT2D eigenvalue weighted by Crippen LogP contribution is -2.34. The van der Waals surface area contributed by atoms with Gasteiger partial charge in [-0.2, -0.15) is 0 Å². The van der Waals surface area contributed by atoms with Gasteiger partial charge in [0, 0.05) is 36.4 Å². The number of rotatable bonds is 6. The molecule has 3 aromatic rings. The van der Waals surface area contributed by atoms with Crippen molar-refractivity contribution >= 4 is 46.5 Å². The van der Waals surface area contributed by atoms with Crippen LogP contribution in [-0.2, 0) is 16.6 Å². The standard InChI is InChI=1S/C22H21N5O4S/c1-13-20(29)26-17-11-16(7-8-18(17)31-13)25-21(30)14-3-5-15(6-4-14)24-19(28)12-32-22-23-9-10-27(22)2/h3-11,13H,12H2,1-2H3,(H,24,28)(H,25,30)(H,26,29)/t13-/m1/s1. The third-order valence-corrected chi connectivity index (χ3v) is 5.77. The third-order valence-electron chi connectivity index (χ3n) is 4.71. The molecule has 2 heterocycles. The van der Waals surface area contributed by atoms with Crippen LogP contribution in [0.4, 0.5) is 17.1 Å². The van der Waals surface area contributed by atoms with Gasteiger partial charge in [-0.25, -0.2) is 4.98 Å². The molecule has 1 aliphatic heterocycles. The van der Waals surface area contributed by atoms with Gasteiger partial charge in [-0.05, 0) is 49.4 Å². The molecule has 0 aliphatic carbocycles. The number of carbonyl (C=O) groups is 3. The van der Waals surface area contributed by atoms with Crippen molar-refractivity contribution in [1.82, 2.24) is 9.55 Å². The van der Waals surface area contributed by atoms with Crippen LogP contribution in [-0.4, -0.2) is 39.1 Å². The second kappa shape index (κ2) is 9.15. The first-order valence-corrected chi connectivity index (χ1v) is 10.8. The van der Waals surface area contributed by atoms with E-state index in [-0.39, 0.29) is 23.5 Å². The largest absolute Gasteiger partial charge is 0.479 e. The second-order valence-electron chi connectivity index (χ2n) is 7.15. The number of nitrogens with one attached hydrogen (secondary N) is 3. The van der Waals surface area contributed by atoms with Gasteiger partial charge < -0.3 is 25.3 Å². The van der Waals surface area contributed by atoms with E-state index in [9.17, 15) is 14.4 Å². The molecular weight excluding hydrogens is 430 g/mol. The van der Waals surface area contributed by atoms with Crippen LogP contribution in [0.1, 0.15) is 17.3 Å². The molecule has 0 spiro atoms. The summed E-state index contributed by atoms with van der Waals surface area (Å²) < 4.78 is 7.35. The fraction of sp³-hybridized carbons (Fsp3) is 0.182. The number of ether oxygens (including phenoxy) is 1. The van der Waals surface area contributed by atoms with E-state index in [1.165, 1.54) is 11.8 Å². The molecule has 0 fully saturated rings. The Hall–Kier alpha value is -3.79. The first-order valence-electron chi connectivity index (χ1n) is 9.82. The number of anilines is 3. The van der Waals surface area contributed by atoms with Crippen LogP contribution in [0.25, 0.3) is 0 Å². The van der Waals surface area contributed by atoms with E-state index < -0.39 is 6.10 Å². The number of hydrogen-bond acceptors (Lipinski definition) is 6. The molecule has 9 nitrogen and oxygen atoms in total. The molecule has 164 valence electrons. The summed E-state index contributed by atoms with van der Waals surface area (Å²) in [5.74, 6) is 0.0606.